The first kappa shape index (κ1) is 14.6. The Morgan fingerprint density at radius 3 is 2.50 bits per heavy atom. The summed E-state index contributed by atoms with van der Waals surface area (Å²) in [4.78, 5) is 12.6. The van der Waals surface area contributed by atoms with Gasteiger partial charge in [-0.05, 0) is 42.5 Å². The van der Waals surface area contributed by atoms with E-state index in [1.165, 1.54) is 0 Å². The van der Waals surface area contributed by atoms with Gasteiger partial charge in [0.25, 0.3) is 0 Å². The lowest BCUT2D eigenvalue weighted by Crippen LogP contribution is -2.25. The van der Waals surface area contributed by atoms with Crippen LogP contribution in [-0.2, 0) is 16.6 Å². The number of ether oxygens (including phenoxy) is 2. The molecule has 106 valence electrons. The lowest BCUT2D eigenvalue weighted by molar-refractivity contribution is -0.112. The van der Waals surface area contributed by atoms with Gasteiger partial charge in [0.2, 0.25) is 0 Å². The molecule has 0 aliphatic heterocycles. The van der Waals surface area contributed by atoms with E-state index < -0.39 is 5.41 Å². The first-order chi connectivity index (χ1) is 9.62. The van der Waals surface area contributed by atoms with Crippen molar-refractivity contribution in [3.8, 4) is 11.5 Å². The third-order valence-electron chi connectivity index (χ3n) is 3.36. The molecule has 1 aromatic heterocycles. The number of hydrogen-bond donors (Lipinski definition) is 0. The quantitative estimate of drug-likeness (QED) is 0.764. The number of benzene rings is 1. The molecule has 1 heterocycles. The monoisotopic (exact) mass is 290 g/mol. The van der Waals surface area contributed by atoms with Crippen molar-refractivity contribution < 1.29 is 14.3 Å². The molecule has 2 aromatic rings. The van der Waals surface area contributed by atoms with Crippen molar-refractivity contribution in [1.82, 2.24) is 0 Å². The summed E-state index contributed by atoms with van der Waals surface area (Å²) in [6.07, 6.45) is 1.66. The minimum Gasteiger partial charge on any atom is -0.493 e. The number of carbonyl (C=O) groups excluding carboxylic acids is 1. The lowest BCUT2D eigenvalue weighted by atomic mass is 9.83. The molecule has 0 aliphatic carbocycles. The van der Waals surface area contributed by atoms with Gasteiger partial charge in [0.1, 0.15) is 6.29 Å². The van der Waals surface area contributed by atoms with E-state index in [0.29, 0.717) is 17.9 Å². The molecule has 2 rings (SSSR count). The van der Waals surface area contributed by atoms with Gasteiger partial charge in [-0.15, -0.1) is 11.3 Å². The van der Waals surface area contributed by atoms with Crippen LogP contribution < -0.4 is 9.47 Å². The van der Waals surface area contributed by atoms with Crippen LogP contribution in [0.1, 0.15) is 17.4 Å². The average molecular weight is 290 g/mol. The van der Waals surface area contributed by atoms with Crippen molar-refractivity contribution in [2.45, 2.75) is 18.8 Å². The Morgan fingerprint density at radius 1 is 1.20 bits per heavy atom. The molecule has 3 nitrogen and oxygen atoms in total. The van der Waals surface area contributed by atoms with E-state index in [4.69, 9.17) is 9.47 Å². The summed E-state index contributed by atoms with van der Waals surface area (Å²) < 4.78 is 10.5. The molecule has 0 N–H and O–H groups in total. The Kier molecular flexibility index (Phi) is 4.45. The SMILES string of the molecule is COc1ccc(CC(C)(C=O)c2cccs2)cc1OC. The first-order valence-electron chi connectivity index (χ1n) is 6.34. The van der Waals surface area contributed by atoms with Crippen LogP contribution in [0.25, 0.3) is 0 Å². The number of thiophene rings is 1. The van der Waals surface area contributed by atoms with E-state index in [1.54, 1.807) is 25.6 Å². The van der Waals surface area contributed by atoms with Gasteiger partial charge in [-0.1, -0.05) is 12.1 Å². The third-order valence-corrected chi connectivity index (χ3v) is 4.51. The molecule has 0 saturated carbocycles. The zero-order valence-corrected chi connectivity index (χ0v) is 12.7. The fourth-order valence-corrected chi connectivity index (χ4v) is 3.06. The number of carbonyl (C=O) groups is 1. The standard InChI is InChI=1S/C16H18O3S/c1-16(11-17,15-5-4-8-20-15)10-12-6-7-13(18-2)14(9-12)19-3/h4-9,11H,10H2,1-3H3. The summed E-state index contributed by atoms with van der Waals surface area (Å²) in [5.41, 5.74) is 0.541. The number of hydrogen-bond acceptors (Lipinski definition) is 4. The molecule has 0 spiro atoms. The van der Waals surface area contributed by atoms with Gasteiger partial charge < -0.3 is 14.3 Å². The molecule has 0 bridgehead atoms. The summed E-state index contributed by atoms with van der Waals surface area (Å²) in [5.74, 6) is 1.38. The Labute approximate surface area is 123 Å². The molecular weight excluding hydrogens is 272 g/mol. The van der Waals surface area contributed by atoms with Crippen molar-refractivity contribution in [3.05, 3.63) is 46.2 Å². The molecule has 0 saturated heterocycles. The predicted octanol–water partition coefficient (Wildman–Crippen LogP) is 3.46. The fourth-order valence-electron chi connectivity index (χ4n) is 2.21. The van der Waals surface area contributed by atoms with Crippen molar-refractivity contribution in [2.24, 2.45) is 0 Å². The highest BCUT2D eigenvalue weighted by atomic mass is 32.1. The molecule has 20 heavy (non-hydrogen) atoms. The van der Waals surface area contributed by atoms with E-state index in [-0.39, 0.29) is 0 Å². The predicted molar refractivity (Wildman–Crippen MR) is 81.0 cm³/mol. The summed E-state index contributed by atoms with van der Waals surface area (Å²) in [6, 6.07) is 9.73. The van der Waals surface area contributed by atoms with E-state index in [0.717, 1.165) is 16.7 Å². The zero-order chi connectivity index (χ0) is 14.6. The van der Waals surface area contributed by atoms with E-state index >= 15 is 0 Å². The Hall–Kier alpha value is -1.81. The molecule has 0 amide bonds. The largest absolute Gasteiger partial charge is 0.493 e. The van der Waals surface area contributed by atoms with Gasteiger partial charge in [-0.2, -0.15) is 0 Å². The minimum atomic E-state index is -0.506. The van der Waals surface area contributed by atoms with Crippen LogP contribution in [0.5, 0.6) is 11.5 Å². The molecule has 0 fully saturated rings. The van der Waals surface area contributed by atoms with Crippen LogP contribution in [-0.4, -0.2) is 20.5 Å². The number of rotatable bonds is 6. The highest BCUT2D eigenvalue weighted by Gasteiger charge is 2.28. The summed E-state index contributed by atoms with van der Waals surface area (Å²) >= 11 is 1.60. The fraction of sp³-hybridized carbons (Fsp3) is 0.312. The highest BCUT2D eigenvalue weighted by Crippen LogP contribution is 2.33. The molecule has 0 radical (unpaired) electrons. The Balaban J connectivity index is 2.31. The molecule has 1 atom stereocenters. The smallest absolute Gasteiger partial charge is 0.160 e. The second kappa shape index (κ2) is 6.09. The number of methoxy groups -OCH3 is 2. The summed E-state index contributed by atoms with van der Waals surface area (Å²) in [7, 11) is 3.22. The highest BCUT2D eigenvalue weighted by molar-refractivity contribution is 7.10. The van der Waals surface area contributed by atoms with Gasteiger partial charge in [-0.3, -0.25) is 0 Å². The zero-order valence-electron chi connectivity index (χ0n) is 11.9. The molecule has 4 heteroatoms. The second-order valence-corrected chi connectivity index (χ2v) is 5.83. The van der Waals surface area contributed by atoms with Crippen LogP contribution in [0.15, 0.2) is 35.7 Å². The Bertz CT molecular complexity index is 577. The van der Waals surface area contributed by atoms with E-state index in [2.05, 4.69) is 0 Å². The van der Waals surface area contributed by atoms with Gasteiger partial charge >= 0.3 is 0 Å². The van der Waals surface area contributed by atoms with Crippen molar-refractivity contribution >= 4 is 17.6 Å². The van der Waals surface area contributed by atoms with Gasteiger partial charge in [-0.25, -0.2) is 0 Å². The molecular formula is C16H18O3S. The van der Waals surface area contributed by atoms with Crippen LogP contribution >= 0.6 is 11.3 Å². The number of aldehydes is 1. The van der Waals surface area contributed by atoms with Crippen molar-refractivity contribution in [2.75, 3.05) is 14.2 Å². The van der Waals surface area contributed by atoms with Crippen LogP contribution in [0.3, 0.4) is 0 Å². The summed E-state index contributed by atoms with van der Waals surface area (Å²) in [5, 5.41) is 1.99. The Morgan fingerprint density at radius 2 is 1.95 bits per heavy atom. The van der Waals surface area contributed by atoms with Gasteiger partial charge in [0.05, 0.1) is 19.6 Å². The van der Waals surface area contributed by atoms with Crippen molar-refractivity contribution in [3.63, 3.8) is 0 Å². The van der Waals surface area contributed by atoms with E-state index in [1.807, 2.05) is 42.6 Å². The summed E-state index contributed by atoms with van der Waals surface area (Å²) in [6.45, 7) is 1.96. The topological polar surface area (TPSA) is 35.5 Å². The van der Waals surface area contributed by atoms with E-state index in [9.17, 15) is 4.79 Å². The lowest BCUT2D eigenvalue weighted by Gasteiger charge is -2.22. The normalized spacial score (nSPS) is 13.6. The third kappa shape index (κ3) is 2.85. The van der Waals surface area contributed by atoms with Crippen LogP contribution in [0.4, 0.5) is 0 Å². The maximum atomic E-state index is 11.6. The van der Waals surface area contributed by atoms with Gasteiger partial charge in [0.15, 0.2) is 11.5 Å². The van der Waals surface area contributed by atoms with Crippen molar-refractivity contribution in [1.29, 1.82) is 0 Å². The van der Waals surface area contributed by atoms with Crippen LogP contribution in [0, 0.1) is 0 Å². The van der Waals surface area contributed by atoms with Gasteiger partial charge in [0, 0.05) is 4.88 Å². The van der Waals surface area contributed by atoms with Crippen LogP contribution in [0.2, 0.25) is 0 Å². The minimum absolute atomic E-state index is 0.506. The maximum Gasteiger partial charge on any atom is 0.160 e. The first-order valence-corrected chi connectivity index (χ1v) is 7.22. The molecule has 1 unspecified atom stereocenters. The molecule has 1 aromatic carbocycles. The second-order valence-electron chi connectivity index (χ2n) is 4.88. The average Bonchev–Trinajstić information content (AvgIpc) is 3.01. The molecule has 0 aliphatic rings. The maximum absolute atomic E-state index is 11.6.